The summed E-state index contributed by atoms with van der Waals surface area (Å²) in [4.78, 5) is 28.6. The van der Waals surface area contributed by atoms with Gasteiger partial charge in [0.2, 0.25) is 11.8 Å². The molecule has 136 valence electrons. The number of halogens is 1. The van der Waals surface area contributed by atoms with Crippen LogP contribution in [0.1, 0.15) is 19.8 Å². The highest BCUT2D eigenvalue weighted by molar-refractivity contribution is 6.30. The van der Waals surface area contributed by atoms with Crippen LogP contribution in [0.4, 0.5) is 5.69 Å². The van der Waals surface area contributed by atoms with E-state index in [0.717, 1.165) is 44.7 Å². The van der Waals surface area contributed by atoms with E-state index in [1.165, 1.54) is 0 Å². The van der Waals surface area contributed by atoms with Crippen LogP contribution in [0.25, 0.3) is 0 Å². The Labute approximate surface area is 153 Å². The summed E-state index contributed by atoms with van der Waals surface area (Å²) in [6, 6.07) is 7.30. The van der Waals surface area contributed by atoms with Crippen LogP contribution in [-0.4, -0.2) is 66.4 Å². The first kappa shape index (κ1) is 18.2. The van der Waals surface area contributed by atoms with Gasteiger partial charge in [-0.3, -0.25) is 19.4 Å². The van der Waals surface area contributed by atoms with Crippen molar-refractivity contribution in [2.24, 2.45) is 0 Å². The molecule has 2 N–H and O–H groups in total. The van der Waals surface area contributed by atoms with Gasteiger partial charge in [0.25, 0.3) is 0 Å². The van der Waals surface area contributed by atoms with Crippen LogP contribution in [0.15, 0.2) is 24.3 Å². The van der Waals surface area contributed by atoms with Crippen molar-refractivity contribution < 1.29 is 9.59 Å². The van der Waals surface area contributed by atoms with Crippen molar-refractivity contribution in [3.05, 3.63) is 29.3 Å². The van der Waals surface area contributed by atoms with Crippen LogP contribution in [0, 0.1) is 0 Å². The van der Waals surface area contributed by atoms with Gasteiger partial charge in [0.1, 0.15) is 0 Å². The Morgan fingerprint density at radius 2 is 1.80 bits per heavy atom. The summed E-state index contributed by atoms with van der Waals surface area (Å²) < 4.78 is 0. The van der Waals surface area contributed by atoms with Crippen molar-refractivity contribution in [2.45, 2.75) is 31.8 Å². The lowest BCUT2D eigenvalue weighted by atomic mass is 10.2. The van der Waals surface area contributed by atoms with Crippen LogP contribution in [0.2, 0.25) is 5.02 Å². The Bertz CT molecular complexity index is 610. The molecular formula is C18H25ClN4O2. The average molecular weight is 365 g/mol. The van der Waals surface area contributed by atoms with E-state index in [1.54, 1.807) is 24.3 Å². The molecule has 3 rings (SSSR count). The maximum absolute atomic E-state index is 12.4. The first-order valence-electron chi connectivity index (χ1n) is 8.83. The fraction of sp³-hybridized carbons (Fsp3) is 0.556. The SMILES string of the molecule is C[C@@H](C(=O)Nc1ccc(Cl)cc1)N1CCN(CC(=O)NC2CC2)CC1. The molecule has 0 aromatic heterocycles. The highest BCUT2D eigenvalue weighted by Gasteiger charge is 2.28. The Hall–Kier alpha value is -1.63. The second-order valence-electron chi connectivity index (χ2n) is 6.83. The maximum Gasteiger partial charge on any atom is 0.241 e. The zero-order chi connectivity index (χ0) is 17.8. The molecule has 2 amide bonds. The standard InChI is InChI=1S/C18H25ClN4O2/c1-13(18(25)21-16-4-2-14(19)3-5-16)23-10-8-22(9-11-23)12-17(24)20-15-6-7-15/h2-5,13,15H,6-12H2,1H3,(H,20,24)(H,21,25)/t13-/m0/s1. The van der Waals surface area contributed by atoms with Crippen LogP contribution in [0.3, 0.4) is 0 Å². The van der Waals surface area contributed by atoms with Crippen molar-refractivity contribution in [2.75, 3.05) is 38.0 Å². The van der Waals surface area contributed by atoms with E-state index in [9.17, 15) is 9.59 Å². The van der Waals surface area contributed by atoms with E-state index in [-0.39, 0.29) is 17.9 Å². The molecule has 2 aliphatic rings. The summed E-state index contributed by atoms with van der Waals surface area (Å²) in [6.07, 6.45) is 2.22. The van der Waals surface area contributed by atoms with Crippen molar-refractivity contribution in [1.82, 2.24) is 15.1 Å². The fourth-order valence-electron chi connectivity index (χ4n) is 2.96. The molecule has 1 atom stereocenters. The third kappa shape index (κ3) is 5.42. The van der Waals surface area contributed by atoms with Gasteiger partial charge in [0, 0.05) is 42.9 Å². The van der Waals surface area contributed by atoms with Gasteiger partial charge in [-0.25, -0.2) is 0 Å². The molecule has 2 fully saturated rings. The van der Waals surface area contributed by atoms with Gasteiger partial charge >= 0.3 is 0 Å². The summed E-state index contributed by atoms with van der Waals surface area (Å²) in [5.74, 6) is 0.0896. The first-order valence-corrected chi connectivity index (χ1v) is 9.21. The van der Waals surface area contributed by atoms with Crippen LogP contribution >= 0.6 is 11.6 Å². The number of carbonyl (C=O) groups is 2. The number of rotatable bonds is 6. The Balaban J connectivity index is 1.42. The van der Waals surface area contributed by atoms with Crippen LogP contribution < -0.4 is 10.6 Å². The monoisotopic (exact) mass is 364 g/mol. The number of benzene rings is 1. The van der Waals surface area contributed by atoms with Crippen molar-refractivity contribution >= 4 is 29.1 Å². The molecule has 1 aromatic carbocycles. The second kappa shape index (κ2) is 8.17. The third-order valence-corrected chi connectivity index (χ3v) is 5.01. The predicted octanol–water partition coefficient (Wildman–Crippen LogP) is 1.56. The van der Waals surface area contributed by atoms with Gasteiger partial charge in [0.15, 0.2) is 0 Å². The molecule has 0 unspecified atom stereocenters. The van der Waals surface area contributed by atoms with Crippen LogP contribution in [0.5, 0.6) is 0 Å². The van der Waals surface area contributed by atoms with Crippen molar-refractivity contribution in [3.63, 3.8) is 0 Å². The molecule has 1 aliphatic heterocycles. The number of hydrogen-bond donors (Lipinski definition) is 2. The minimum absolute atomic E-state index is 0.0257. The number of hydrogen-bond acceptors (Lipinski definition) is 4. The van der Waals surface area contributed by atoms with Gasteiger partial charge in [0.05, 0.1) is 12.6 Å². The molecule has 7 heteroatoms. The zero-order valence-corrected chi connectivity index (χ0v) is 15.3. The average Bonchev–Trinajstić information content (AvgIpc) is 3.40. The minimum Gasteiger partial charge on any atom is -0.352 e. The summed E-state index contributed by atoms with van der Waals surface area (Å²) in [6.45, 7) is 5.54. The number of piperazine rings is 1. The number of amides is 2. The van der Waals surface area contributed by atoms with Gasteiger partial charge in [-0.2, -0.15) is 0 Å². The maximum atomic E-state index is 12.4. The summed E-state index contributed by atoms with van der Waals surface area (Å²) in [7, 11) is 0. The molecule has 1 aromatic rings. The van der Waals surface area contributed by atoms with E-state index in [4.69, 9.17) is 11.6 Å². The zero-order valence-electron chi connectivity index (χ0n) is 14.5. The highest BCUT2D eigenvalue weighted by atomic mass is 35.5. The molecule has 25 heavy (non-hydrogen) atoms. The summed E-state index contributed by atoms with van der Waals surface area (Å²) in [5, 5.41) is 6.58. The van der Waals surface area contributed by atoms with E-state index in [1.807, 2.05) is 6.92 Å². The molecule has 6 nitrogen and oxygen atoms in total. The Morgan fingerprint density at radius 1 is 1.16 bits per heavy atom. The normalized spacial score (nSPS) is 20.1. The molecule has 1 heterocycles. The third-order valence-electron chi connectivity index (χ3n) is 4.76. The fourth-order valence-corrected chi connectivity index (χ4v) is 3.08. The lowest BCUT2D eigenvalue weighted by Crippen LogP contribution is -2.54. The van der Waals surface area contributed by atoms with Gasteiger partial charge in [-0.15, -0.1) is 0 Å². The van der Waals surface area contributed by atoms with Gasteiger partial charge in [-0.05, 0) is 44.0 Å². The van der Waals surface area contributed by atoms with E-state index < -0.39 is 0 Å². The molecule has 0 radical (unpaired) electrons. The summed E-state index contributed by atoms with van der Waals surface area (Å²) in [5.41, 5.74) is 0.747. The minimum atomic E-state index is -0.210. The largest absolute Gasteiger partial charge is 0.352 e. The van der Waals surface area contributed by atoms with E-state index in [2.05, 4.69) is 20.4 Å². The highest BCUT2D eigenvalue weighted by Crippen LogP contribution is 2.18. The lowest BCUT2D eigenvalue weighted by molar-refractivity contribution is -0.124. The second-order valence-corrected chi connectivity index (χ2v) is 7.26. The summed E-state index contributed by atoms with van der Waals surface area (Å²) >= 11 is 5.86. The van der Waals surface area contributed by atoms with Gasteiger partial charge < -0.3 is 10.6 Å². The number of anilines is 1. The molecule has 1 saturated heterocycles. The Morgan fingerprint density at radius 3 is 2.40 bits per heavy atom. The quantitative estimate of drug-likeness (QED) is 0.804. The number of nitrogens with zero attached hydrogens (tertiary/aromatic N) is 2. The molecule has 1 saturated carbocycles. The molecule has 1 aliphatic carbocycles. The van der Waals surface area contributed by atoms with Crippen molar-refractivity contribution in [1.29, 1.82) is 0 Å². The molecular weight excluding hydrogens is 340 g/mol. The van der Waals surface area contributed by atoms with Crippen LogP contribution in [-0.2, 0) is 9.59 Å². The smallest absolute Gasteiger partial charge is 0.241 e. The first-order chi connectivity index (χ1) is 12.0. The Kier molecular flexibility index (Phi) is 5.93. The topological polar surface area (TPSA) is 64.7 Å². The van der Waals surface area contributed by atoms with Crippen molar-refractivity contribution in [3.8, 4) is 0 Å². The number of carbonyl (C=O) groups excluding carboxylic acids is 2. The van der Waals surface area contributed by atoms with Gasteiger partial charge in [-0.1, -0.05) is 11.6 Å². The predicted molar refractivity (Wildman–Crippen MR) is 98.7 cm³/mol. The molecule has 0 spiro atoms. The molecule has 0 bridgehead atoms. The lowest BCUT2D eigenvalue weighted by Gasteiger charge is -2.37. The van der Waals surface area contributed by atoms with E-state index >= 15 is 0 Å². The number of nitrogens with one attached hydrogen (secondary N) is 2. The van der Waals surface area contributed by atoms with E-state index in [0.29, 0.717) is 17.6 Å².